The Kier molecular flexibility index (Phi) is 5.62. The molecule has 0 aliphatic heterocycles. The Morgan fingerprint density at radius 3 is 2.71 bits per heavy atom. The first-order valence-electron chi connectivity index (χ1n) is 7.69. The molecule has 1 amide bonds. The molecule has 2 N–H and O–H groups in total. The molecule has 0 heterocycles. The fourth-order valence-electron chi connectivity index (χ4n) is 3.08. The molecule has 2 unspecified atom stereocenters. The molecule has 2 rings (SSSR count). The number of benzene rings is 1. The van der Waals surface area contributed by atoms with Gasteiger partial charge < -0.3 is 15.2 Å². The van der Waals surface area contributed by atoms with Gasteiger partial charge in [-0.3, -0.25) is 4.79 Å². The van der Waals surface area contributed by atoms with E-state index in [0.29, 0.717) is 23.9 Å². The van der Waals surface area contributed by atoms with Gasteiger partial charge in [0.05, 0.1) is 7.11 Å². The summed E-state index contributed by atoms with van der Waals surface area (Å²) < 4.78 is 5.25. The summed E-state index contributed by atoms with van der Waals surface area (Å²) in [6.07, 6.45) is 4.53. The van der Waals surface area contributed by atoms with E-state index >= 15 is 0 Å². The largest absolute Gasteiger partial charge is 0.496 e. The highest BCUT2D eigenvalue weighted by molar-refractivity contribution is 5.94. The Morgan fingerprint density at radius 1 is 1.33 bits per heavy atom. The third kappa shape index (κ3) is 3.97. The zero-order chi connectivity index (χ0) is 15.2. The van der Waals surface area contributed by atoms with Crippen LogP contribution in [-0.4, -0.2) is 31.3 Å². The van der Waals surface area contributed by atoms with Gasteiger partial charge in [-0.1, -0.05) is 18.9 Å². The third-order valence-corrected chi connectivity index (χ3v) is 4.50. The summed E-state index contributed by atoms with van der Waals surface area (Å²) in [6.45, 7) is 2.81. The summed E-state index contributed by atoms with van der Waals surface area (Å²) in [4.78, 5) is 12.2. The van der Waals surface area contributed by atoms with E-state index in [2.05, 4.69) is 5.32 Å². The van der Waals surface area contributed by atoms with Crippen molar-refractivity contribution >= 4 is 5.91 Å². The number of rotatable bonds is 5. The van der Waals surface area contributed by atoms with Crippen molar-refractivity contribution < 1.29 is 14.6 Å². The molecule has 0 aromatic heterocycles. The molecule has 1 fully saturated rings. The van der Waals surface area contributed by atoms with Crippen LogP contribution in [0.25, 0.3) is 0 Å². The van der Waals surface area contributed by atoms with E-state index in [1.165, 1.54) is 12.8 Å². The maximum atomic E-state index is 12.2. The van der Waals surface area contributed by atoms with Crippen LogP contribution in [0.3, 0.4) is 0 Å². The maximum absolute atomic E-state index is 12.2. The van der Waals surface area contributed by atoms with Crippen LogP contribution in [0.15, 0.2) is 18.2 Å². The highest BCUT2D eigenvalue weighted by atomic mass is 16.5. The van der Waals surface area contributed by atoms with E-state index in [1.54, 1.807) is 13.2 Å². The molecule has 1 saturated carbocycles. The van der Waals surface area contributed by atoms with Crippen molar-refractivity contribution in [3.05, 3.63) is 29.3 Å². The number of methoxy groups -OCH3 is 1. The smallest absolute Gasteiger partial charge is 0.251 e. The lowest BCUT2D eigenvalue weighted by molar-refractivity contribution is 0.0909. The third-order valence-electron chi connectivity index (χ3n) is 4.50. The average Bonchev–Trinajstić information content (AvgIpc) is 2.53. The van der Waals surface area contributed by atoms with Gasteiger partial charge in [0.2, 0.25) is 0 Å². The van der Waals surface area contributed by atoms with Crippen molar-refractivity contribution in [2.45, 2.75) is 32.6 Å². The average molecular weight is 291 g/mol. The lowest BCUT2D eigenvalue weighted by atomic mass is 9.79. The van der Waals surface area contributed by atoms with Gasteiger partial charge >= 0.3 is 0 Å². The van der Waals surface area contributed by atoms with Gasteiger partial charge in [0.1, 0.15) is 5.75 Å². The number of aliphatic hydroxyl groups excluding tert-OH is 1. The van der Waals surface area contributed by atoms with E-state index in [9.17, 15) is 9.90 Å². The fourth-order valence-corrected chi connectivity index (χ4v) is 3.08. The summed E-state index contributed by atoms with van der Waals surface area (Å²) in [7, 11) is 1.61. The van der Waals surface area contributed by atoms with Gasteiger partial charge in [-0.25, -0.2) is 0 Å². The first kappa shape index (κ1) is 15.8. The summed E-state index contributed by atoms with van der Waals surface area (Å²) in [5.41, 5.74) is 1.63. The van der Waals surface area contributed by atoms with Crippen LogP contribution in [0.4, 0.5) is 0 Å². The minimum Gasteiger partial charge on any atom is -0.496 e. The molecule has 2 atom stereocenters. The van der Waals surface area contributed by atoms with E-state index in [1.807, 2.05) is 19.1 Å². The zero-order valence-corrected chi connectivity index (χ0v) is 12.9. The number of ether oxygens (including phenoxy) is 1. The Hall–Kier alpha value is -1.55. The number of amides is 1. The first-order valence-corrected chi connectivity index (χ1v) is 7.69. The van der Waals surface area contributed by atoms with Crippen molar-refractivity contribution in [3.63, 3.8) is 0 Å². The number of hydrogen-bond acceptors (Lipinski definition) is 3. The number of nitrogens with one attached hydrogen (secondary N) is 1. The van der Waals surface area contributed by atoms with E-state index in [0.717, 1.165) is 24.2 Å². The standard InChI is InChI=1S/C17H25NO3/c1-12-7-8-13(9-16(12)21-2)17(20)18-10-14-5-3-4-6-15(14)11-19/h7-9,14-15,19H,3-6,10-11H2,1-2H3,(H,18,20). The van der Waals surface area contributed by atoms with Crippen LogP contribution in [0, 0.1) is 18.8 Å². The van der Waals surface area contributed by atoms with Gasteiger partial charge in [-0.05, 0) is 49.3 Å². The second kappa shape index (κ2) is 7.46. The van der Waals surface area contributed by atoms with Crippen molar-refractivity contribution in [3.8, 4) is 5.75 Å². The van der Waals surface area contributed by atoms with Crippen LogP contribution in [0.5, 0.6) is 5.75 Å². The van der Waals surface area contributed by atoms with Gasteiger partial charge in [0.15, 0.2) is 0 Å². The van der Waals surface area contributed by atoms with Crippen LogP contribution in [-0.2, 0) is 0 Å². The maximum Gasteiger partial charge on any atom is 0.251 e. The number of carbonyl (C=O) groups excluding carboxylic acids is 1. The molecular weight excluding hydrogens is 266 g/mol. The second-order valence-electron chi connectivity index (χ2n) is 5.88. The van der Waals surface area contributed by atoms with Crippen molar-refractivity contribution in [1.29, 1.82) is 0 Å². The van der Waals surface area contributed by atoms with Crippen LogP contribution in [0.1, 0.15) is 41.6 Å². The molecule has 21 heavy (non-hydrogen) atoms. The Labute approximate surface area is 126 Å². The fraction of sp³-hybridized carbons (Fsp3) is 0.588. The Balaban J connectivity index is 1.95. The molecule has 0 spiro atoms. The van der Waals surface area contributed by atoms with Gasteiger partial charge in [-0.15, -0.1) is 0 Å². The Bertz CT molecular complexity index is 487. The molecule has 116 valence electrons. The van der Waals surface area contributed by atoms with Crippen LogP contribution in [0.2, 0.25) is 0 Å². The summed E-state index contributed by atoms with van der Waals surface area (Å²) >= 11 is 0. The number of aliphatic hydroxyl groups is 1. The van der Waals surface area contributed by atoms with Crippen LogP contribution >= 0.6 is 0 Å². The van der Waals surface area contributed by atoms with E-state index in [4.69, 9.17) is 4.74 Å². The molecule has 1 aromatic carbocycles. The molecule has 4 nitrogen and oxygen atoms in total. The molecule has 0 radical (unpaired) electrons. The van der Waals surface area contributed by atoms with Crippen molar-refractivity contribution in [2.24, 2.45) is 11.8 Å². The predicted molar refractivity (Wildman–Crippen MR) is 82.6 cm³/mol. The van der Waals surface area contributed by atoms with Gasteiger partial charge in [0.25, 0.3) is 5.91 Å². The zero-order valence-electron chi connectivity index (χ0n) is 12.9. The number of carbonyl (C=O) groups is 1. The molecule has 0 bridgehead atoms. The molecule has 4 heteroatoms. The molecule has 1 aliphatic carbocycles. The van der Waals surface area contributed by atoms with Gasteiger partial charge in [-0.2, -0.15) is 0 Å². The predicted octanol–water partition coefficient (Wildman–Crippen LogP) is 2.53. The molecule has 0 saturated heterocycles. The highest BCUT2D eigenvalue weighted by Crippen LogP contribution is 2.29. The SMILES string of the molecule is COc1cc(C(=O)NCC2CCCCC2CO)ccc1C. The topological polar surface area (TPSA) is 58.6 Å². The molecule has 1 aromatic rings. The Morgan fingerprint density at radius 2 is 2.05 bits per heavy atom. The van der Waals surface area contributed by atoms with Crippen LogP contribution < -0.4 is 10.1 Å². The number of hydrogen-bond donors (Lipinski definition) is 2. The quantitative estimate of drug-likeness (QED) is 0.876. The summed E-state index contributed by atoms with van der Waals surface area (Å²) in [5, 5.41) is 12.4. The lowest BCUT2D eigenvalue weighted by Crippen LogP contribution is -2.35. The first-order chi connectivity index (χ1) is 10.2. The summed E-state index contributed by atoms with van der Waals surface area (Å²) in [5.74, 6) is 1.37. The number of aryl methyl sites for hydroxylation is 1. The lowest BCUT2D eigenvalue weighted by Gasteiger charge is -2.30. The van der Waals surface area contributed by atoms with Gasteiger partial charge in [0, 0.05) is 18.7 Å². The molecule has 1 aliphatic rings. The normalized spacial score (nSPS) is 21.9. The second-order valence-corrected chi connectivity index (χ2v) is 5.88. The van der Waals surface area contributed by atoms with Crippen molar-refractivity contribution in [2.75, 3.05) is 20.3 Å². The minimum absolute atomic E-state index is 0.0736. The summed E-state index contributed by atoms with van der Waals surface area (Å²) in [6, 6.07) is 5.48. The molecular formula is C17H25NO3. The highest BCUT2D eigenvalue weighted by Gasteiger charge is 2.24. The monoisotopic (exact) mass is 291 g/mol. The minimum atomic E-state index is -0.0736. The van der Waals surface area contributed by atoms with Crippen molar-refractivity contribution in [1.82, 2.24) is 5.32 Å². The van der Waals surface area contributed by atoms with E-state index in [-0.39, 0.29) is 12.5 Å². The van der Waals surface area contributed by atoms with E-state index < -0.39 is 0 Å².